The van der Waals surface area contributed by atoms with Crippen LogP contribution in [0.2, 0.25) is 5.02 Å². The Labute approximate surface area is 210 Å². The van der Waals surface area contributed by atoms with E-state index in [1.165, 1.54) is 5.56 Å². The van der Waals surface area contributed by atoms with Crippen LogP contribution >= 0.6 is 11.6 Å². The van der Waals surface area contributed by atoms with Crippen molar-refractivity contribution in [2.75, 3.05) is 31.3 Å². The number of nitrogens with one attached hydrogen (secondary N) is 2. The van der Waals surface area contributed by atoms with Crippen LogP contribution < -0.4 is 10.6 Å². The van der Waals surface area contributed by atoms with Gasteiger partial charge in [0.05, 0.1) is 17.0 Å². The highest BCUT2D eigenvalue weighted by Crippen LogP contribution is 2.39. The van der Waals surface area contributed by atoms with Gasteiger partial charge in [-0.25, -0.2) is 0 Å². The summed E-state index contributed by atoms with van der Waals surface area (Å²) >= 11 is 6.15. The van der Waals surface area contributed by atoms with Crippen molar-refractivity contribution in [3.8, 4) is 0 Å². The largest absolute Gasteiger partial charge is 0.481 e. The summed E-state index contributed by atoms with van der Waals surface area (Å²) in [5.41, 5.74) is 6.37. The minimum absolute atomic E-state index is 0.0407. The van der Waals surface area contributed by atoms with Gasteiger partial charge in [-0.05, 0) is 74.0 Å². The number of likely N-dealkylation sites (N-methyl/N-ethyl adjacent to an activating group) is 1. The minimum atomic E-state index is -0.845. The fraction of sp³-hybridized carbons (Fsp3) is 0.214. The molecule has 1 heterocycles. The summed E-state index contributed by atoms with van der Waals surface area (Å²) in [7, 11) is 4.10. The summed E-state index contributed by atoms with van der Waals surface area (Å²) in [5.74, 6) is -1.06. The van der Waals surface area contributed by atoms with Crippen LogP contribution in [0.3, 0.4) is 0 Å². The first-order chi connectivity index (χ1) is 16.8. The maximum atomic E-state index is 13.1. The first-order valence-electron chi connectivity index (χ1n) is 11.5. The monoisotopic (exact) mass is 489 g/mol. The molecule has 3 N–H and O–H groups in total. The number of carbonyl (C=O) groups is 2. The highest BCUT2D eigenvalue weighted by Gasteiger charge is 2.28. The van der Waals surface area contributed by atoms with Gasteiger partial charge in [-0.1, -0.05) is 48.0 Å². The van der Waals surface area contributed by atoms with Gasteiger partial charge in [0, 0.05) is 29.2 Å². The normalized spacial score (nSPS) is 14.0. The highest BCUT2D eigenvalue weighted by atomic mass is 35.5. The molecule has 0 unspecified atom stereocenters. The molecule has 3 aromatic carbocycles. The summed E-state index contributed by atoms with van der Waals surface area (Å²) in [6.07, 6.45) is 1.40. The van der Waals surface area contributed by atoms with E-state index in [1.54, 1.807) is 12.1 Å². The Morgan fingerprint density at radius 3 is 2.49 bits per heavy atom. The van der Waals surface area contributed by atoms with E-state index in [2.05, 4.69) is 41.8 Å². The molecule has 1 amide bonds. The number of nitrogens with zero attached hydrogens (tertiary/aromatic N) is 1. The summed E-state index contributed by atoms with van der Waals surface area (Å²) < 4.78 is 0. The first kappa shape index (κ1) is 24.5. The molecule has 0 aromatic heterocycles. The fourth-order valence-corrected chi connectivity index (χ4v) is 4.23. The fourth-order valence-electron chi connectivity index (χ4n) is 4.06. The van der Waals surface area contributed by atoms with Crippen molar-refractivity contribution in [1.82, 2.24) is 4.90 Å². The number of aliphatic carboxylic acids is 1. The molecule has 0 saturated heterocycles. The molecule has 6 nitrogen and oxygen atoms in total. The van der Waals surface area contributed by atoms with E-state index < -0.39 is 5.97 Å². The predicted molar refractivity (Wildman–Crippen MR) is 142 cm³/mol. The maximum Gasteiger partial charge on any atom is 0.303 e. The van der Waals surface area contributed by atoms with E-state index >= 15 is 0 Å². The molecule has 0 aliphatic carbocycles. The second-order valence-electron chi connectivity index (χ2n) is 8.86. The molecular formula is C28H28ClN3O3. The van der Waals surface area contributed by atoms with Crippen LogP contribution in [0.5, 0.6) is 0 Å². The third-order valence-corrected chi connectivity index (χ3v) is 6.13. The van der Waals surface area contributed by atoms with E-state index in [0.29, 0.717) is 28.4 Å². The van der Waals surface area contributed by atoms with Gasteiger partial charge >= 0.3 is 5.97 Å². The van der Waals surface area contributed by atoms with E-state index in [1.807, 2.05) is 42.5 Å². The smallest absolute Gasteiger partial charge is 0.303 e. The average molecular weight is 490 g/mol. The van der Waals surface area contributed by atoms with Crippen LogP contribution in [-0.2, 0) is 22.4 Å². The van der Waals surface area contributed by atoms with E-state index in [4.69, 9.17) is 16.7 Å². The molecule has 35 heavy (non-hydrogen) atoms. The van der Waals surface area contributed by atoms with Crippen LogP contribution in [0.15, 0.2) is 66.7 Å². The molecule has 7 heteroatoms. The molecule has 180 valence electrons. The number of hydrogen-bond acceptors (Lipinski definition) is 4. The Hall–Kier alpha value is -3.61. The van der Waals surface area contributed by atoms with Crippen molar-refractivity contribution in [3.63, 3.8) is 0 Å². The lowest BCUT2D eigenvalue weighted by atomic mass is 9.97. The molecule has 0 radical (unpaired) electrons. The summed E-state index contributed by atoms with van der Waals surface area (Å²) in [6, 6.07) is 21.2. The Morgan fingerprint density at radius 1 is 1.00 bits per heavy atom. The molecule has 4 rings (SSSR count). The number of anilines is 2. The van der Waals surface area contributed by atoms with Crippen LogP contribution in [0.4, 0.5) is 11.4 Å². The Morgan fingerprint density at radius 2 is 1.77 bits per heavy atom. The quantitative estimate of drug-likeness (QED) is 0.351. The molecule has 0 atom stereocenters. The number of carbonyl (C=O) groups excluding carboxylic acids is 1. The number of hydrogen-bond donors (Lipinski definition) is 3. The van der Waals surface area contributed by atoms with Crippen molar-refractivity contribution < 1.29 is 14.7 Å². The van der Waals surface area contributed by atoms with Crippen molar-refractivity contribution in [1.29, 1.82) is 0 Å². The molecule has 0 spiro atoms. The molecular weight excluding hydrogens is 462 g/mol. The SMILES string of the molecule is CN(C)CCc1ccc(N/C(=C2\C(=O)Nc3cc(Cl)ccc32)c2cccc(CCC(=O)O)c2)cc1. The Balaban J connectivity index is 1.75. The van der Waals surface area contributed by atoms with Gasteiger partial charge in [-0.3, -0.25) is 9.59 Å². The zero-order valence-corrected chi connectivity index (χ0v) is 20.5. The van der Waals surface area contributed by atoms with Gasteiger partial charge in [0.1, 0.15) is 0 Å². The number of carboxylic acids is 1. The summed E-state index contributed by atoms with van der Waals surface area (Å²) in [4.78, 5) is 26.3. The number of fused-ring (bicyclic) bond motifs is 1. The number of amides is 1. The second kappa shape index (κ2) is 10.8. The number of carboxylic acid groups (broad SMARTS) is 1. The van der Waals surface area contributed by atoms with Gasteiger partial charge in [-0.15, -0.1) is 0 Å². The van der Waals surface area contributed by atoms with Gasteiger partial charge < -0.3 is 20.6 Å². The molecule has 0 saturated carbocycles. The van der Waals surface area contributed by atoms with E-state index in [9.17, 15) is 9.59 Å². The zero-order chi connectivity index (χ0) is 24.9. The lowest BCUT2D eigenvalue weighted by Gasteiger charge is -2.16. The number of aryl methyl sites for hydroxylation is 1. The molecule has 1 aliphatic rings. The third kappa shape index (κ3) is 6.10. The maximum absolute atomic E-state index is 13.1. The van der Waals surface area contributed by atoms with Crippen molar-refractivity contribution in [3.05, 3.63) is 94.0 Å². The third-order valence-electron chi connectivity index (χ3n) is 5.89. The lowest BCUT2D eigenvalue weighted by molar-refractivity contribution is -0.137. The number of rotatable bonds is 9. The molecule has 0 fully saturated rings. The zero-order valence-electron chi connectivity index (χ0n) is 19.8. The van der Waals surface area contributed by atoms with Crippen LogP contribution in [0, 0.1) is 0 Å². The second-order valence-corrected chi connectivity index (χ2v) is 9.30. The lowest BCUT2D eigenvalue weighted by Crippen LogP contribution is -2.15. The Bertz CT molecular complexity index is 1280. The summed E-state index contributed by atoms with van der Waals surface area (Å²) in [5, 5.41) is 16.0. The molecule has 0 bridgehead atoms. The van der Waals surface area contributed by atoms with Gasteiger partial charge in [0.2, 0.25) is 0 Å². The number of halogens is 1. The van der Waals surface area contributed by atoms with Crippen LogP contribution in [0.25, 0.3) is 11.3 Å². The van der Waals surface area contributed by atoms with Crippen molar-refractivity contribution in [2.24, 2.45) is 0 Å². The first-order valence-corrected chi connectivity index (χ1v) is 11.9. The van der Waals surface area contributed by atoms with Gasteiger partial charge in [-0.2, -0.15) is 0 Å². The van der Waals surface area contributed by atoms with Gasteiger partial charge in [0.15, 0.2) is 0 Å². The Kier molecular flexibility index (Phi) is 7.54. The predicted octanol–water partition coefficient (Wildman–Crippen LogP) is 5.39. The van der Waals surface area contributed by atoms with Gasteiger partial charge in [0.25, 0.3) is 5.91 Å². The topological polar surface area (TPSA) is 81.7 Å². The highest BCUT2D eigenvalue weighted by molar-refractivity contribution is 6.38. The minimum Gasteiger partial charge on any atom is -0.481 e. The molecule has 1 aliphatic heterocycles. The summed E-state index contributed by atoms with van der Waals surface area (Å²) in [6.45, 7) is 0.963. The average Bonchev–Trinajstić information content (AvgIpc) is 3.15. The van der Waals surface area contributed by atoms with Crippen molar-refractivity contribution in [2.45, 2.75) is 19.3 Å². The molecule has 3 aromatic rings. The van der Waals surface area contributed by atoms with E-state index in [-0.39, 0.29) is 12.3 Å². The van der Waals surface area contributed by atoms with Crippen LogP contribution in [-0.4, -0.2) is 42.5 Å². The number of benzene rings is 3. The van der Waals surface area contributed by atoms with E-state index in [0.717, 1.165) is 35.3 Å². The van der Waals surface area contributed by atoms with Crippen molar-refractivity contribution >= 4 is 46.1 Å². The van der Waals surface area contributed by atoms with Crippen LogP contribution in [0.1, 0.15) is 28.7 Å². The standard InChI is InChI=1S/C28H28ClN3O3/c1-32(2)15-14-18-6-10-22(11-7-18)30-27(20-5-3-4-19(16-20)8-13-25(33)34)26-23-12-9-21(29)17-24(23)31-28(26)35/h3-7,9-12,16-17,30H,8,13-15H2,1-2H3,(H,31,35)(H,33,34)/b27-26-.